The number of carbonyl (C=O) groups excluding carboxylic acids is 1. The van der Waals surface area contributed by atoms with E-state index < -0.39 is 11.3 Å². The normalized spacial score (nSPS) is 25.0. The summed E-state index contributed by atoms with van der Waals surface area (Å²) < 4.78 is 20.4. The number of carbonyl (C=O) groups is 1. The first-order valence-corrected chi connectivity index (χ1v) is 13.0. The Balaban J connectivity index is 1.64. The predicted octanol–water partition coefficient (Wildman–Crippen LogP) is 7.55. The van der Waals surface area contributed by atoms with Crippen molar-refractivity contribution in [2.24, 2.45) is 5.92 Å². The number of allylic oxidation sites excluding steroid dienone is 1. The lowest BCUT2D eigenvalue weighted by Crippen LogP contribution is -2.56. The number of fused-ring (bicyclic) bond motifs is 2. The summed E-state index contributed by atoms with van der Waals surface area (Å²) in [5, 5.41) is 0. The van der Waals surface area contributed by atoms with Crippen LogP contribution in [0, 0.1) is 5.92 Å². The van der Waals surface area contributed by atoms with Crippen LogP contribution in [0.2, 0.25) is 0 Å². The second-order valence-electron chi connectivity index (χ2n) is 10.3. The Kier molecular flexibility index (Phi) is 5.91. The highest BCUT2D eigenvalue weighted by Crippen LogP contribution is 2.59. The predicted molar refractivity (Wildman–Crippen MR) is 135 cm³/mol. The molecular formula is C28H32BrNO4. The quantitative estimate of drug-likeness (QED) is 0.413. The van der Waals surface area contributed by atoms with Gasteiger partial charge in [-0.1, -0.05) is 53.5 Å². The van der Waals surface area contributed by atoms with E-state index in [4.69, 9.17) is 14.2 Å². The highest BCUT2D eigenvalue weighted by atomic mass is 79.9. The van der Waals surface area contributed by atoms with Crippen LogP contribution in [0.5, 0.6) is 5.75 Å². The van der Waals surface area contributed by atoms with Crippen molar-refractivity contribution in [3.05, 3.63) is 69.4 Å². The average molecular weight is 526 g/mol. The molecule has 0 radical (unpaired) electrons. The molecule has 5 rings (SSSR count). The Morgan fingerprint density at radius 3 is 2.68 bits per heavy atom. The van der Waals surface area contributed by atoms with Crippen molar-refractivity contribution < 1.29 is 19.0 Å². The molecule has 0 spiro atoms. The molecule has 1 saturated heterocycles. The second kappa shape index (κ2) is 8.63. The van der Waals surface area contributed by atoms with E-state index in [0.717, 1.165) is 58.4 Å². The van der Waals surface area contributed by atoms with Crippen LogP contribution < -0.4 is 4.74 Å². The van der Waals surface area contributed by atoms with Crippen molar-refractivity contribution in [1.82, 2.24) is 4.90 Å². The van der Waals surface area contributed by atoms with E-state index >= 15 is 0 Å². The van der Waals surface area contributed by atoms with E-state index in [9.17, 15) is 4.79 Å². The summed E-state index contributed by atoms with van der Waals surface area (Å²) in [7, 11) is 0. The lowest BCUT2D eigenvalue weighted by Gasteiger charge is -2.49. The summed E-state index contributed by atoms with van der Waals surface area (Å²) in [5.41, 5.74) is 1.56. The van der Waals surface area contributed by atoms with Gasteiger partial charge in [-0.2, -0.15) is 0 Å². The Morgan fingerprint density at radius 1 is 1.21 bits per heavy atom. The Morgan fingerprint density at radius 2 is 1.97 bits per heavy atom. The van der Waals surface area contributed by atoms with Crippen LogP contribution in [0.25, 0.3) is 6.08 Å². The maximum atomic E-state index is 13.5. The Labute approximate surface area is 210 Å². The minimum absolute atomic E-state index is 0.0693. The zero-order chi connectivity index (χ0) is 24.1. The first kappa shape index (κ1) is 23.3. The van der Waals surface area contributed by atoms with Gasteiger partial charge in [-0.05, 0) is 63.5 Å². The van der Waals surface area contributed by atoms with Crippen LogP contribution in [0.3, 0.4) is 0 Å². The maximum absolute atomic E-state index is 13.5. The Hall–Kier alpha value is -2.47. The Bertz CT molecular complexity index is 1120. The number of amides is 1. The van der Waals surface area contributed by atoms with Gasteiger partial charge in [0.25, 0.3) is 0 Å². The van der Waals surface area contributed by atoms with Crippen molar-refractivity contribution in [2.75, 3.05) is 6.54 Å². The molecule has 1 fully saturated rings. The van der Waals surface area contributed by atoms with Crippen LogP contribution in [-0.4, -0.2) is 23.1 Å². The molecule has 3 aliphatic heterocycles. The number of unbranched alkanes of at least 4 members (excludes halogenated alkanes) is 1. The average Bonchev–Trinajstić information content (AvgIpc) is 3.18. The third-order valence-electron chi connectivity index (χ3n) is 6.83. The second-order valence-corrected chi connectivity index (χ2v) is 11.3. The van der Waals surface area contributed by atoms with E-state index in [-0.39, 0.29) is 18.1 Å². The molecule has 0 N–H and O–H groups in total. The number of rotatable bonds is 4. The van der Waals surface area contributed by atoms with Crippen molar-refractivity contribution in [1.29, 1.82) is 0 Å². The van der Waals surface area contributed by atoms with Gasteiger partial charge in [0.15, 0.2) is 0 Å². The number of nitrogens with zero attached hydrogens (tertiary/aromatic N) is 1. The van der Waals surface area contributed by atoms with Crippen molar-refractivity contribution in [3.8, 4) is 5.75 Å². The SMILES string of the molecule is CCCCC1=Cc2cccc3c2[C@@H](O1)[C@H]1CCN(C(=O)OC(C)(C)C)[C@@]1(c1ccc(Br)cc1)O3. The molecule has 2 aromatic carbocycles. The van der Waals surface area contributed by atoms with E-state index in [1.165, 1.54) is 0 Å². The fourth-order valence-electron chi connectivity index (χ4n) is 5.42. The van der Waals surface area contributed by atoms with Crippen LogP contribution in [-0.2, 0) is 15.2 Å². The minimum atomic E-state index is -1.01. The van der Waals surface area contributed by atoms with Gasteiger partial charge in [0.05, 0.1) is 11.7 Å². The smallest absolute Gasteiger partial charge is 0.413 e. The van der Waals surface area contributed by atoms with Gasteiger partial charge in [0.2, 0.25) is 5.72 Å². The van der Waals surface area contributed by atoms with Gasteiger partial charge in [-0.15, -0.1) is 0 Å². The first-order chi connectivity index (χ1) is 16.2. The van der Waals surface area contributed by atoms with Gasteiger partial charge < -0.3 is 14.2 Å². The molecule has 0 bridgehead atoms. The molecule has 0 aromatic heterocycles. The van der Waals surface area contributed by atoms with Crippen LogP contribution >= 0.6 is 15.9 Å². The molecule has 3 atom stereocenters. The highest BCUT2D eigenvalue weighted by Gasteiger charge is 2.62. The van der Waals surface area contributed by atoms with Gasteiger partial charge in [0.1, 0.15) is 17.5 Å². The number of hydrogen-bond acceptors (Lipinski definition) is 4. The standard InChI is InChI=1S/C28H32BrNO4/c1-5-6-9-21-17-18-8-7-10-23-24(18)25(32-21)22-15-16-30(26(31)34-27(2,3)4)28(22,33-23)19-11-13-20(29)14-12-19/h7-8,10-14,17,22,25H,5-6,9,15-16H2,1-4H3/t22-,25+,28+/m1/s1. The van der Waals surface area contributed by atoms with E-state index in [1.807, 2.05) is 57.2 Å². The topological polar surface area (TPSA) is 48.0 Å². The molecule has 180 valence electrons. The molecule has 2 aromatic rings. The van der Waals surface area contributed by atoms with E-state index in [2.05, 4.69) is 35.0 Å². The zero-order valence-corrected chi connectivity index (χ0v) is 21.9. The lowest BCUT2D eigenvalue weighted by molar-refractivity contribution is -0.142. The summed E-state index contributed by atoms with van der Waals surface area (Å²) in [6.07, 6.45) is 5.46. The maximum Gasteiger partial charge on any atom is 0.413 e. The van der Waals surface area contributed by atoms with E-state index in [0.29, 0.717) is 6.54 Å². The minimum Gasteiger partial charge on any atom is -0.489 e. The zero-order valence-electron chi connectivity index (χ0n) is 20.3. The summed E-state index contributed by atoms with van der Waals surface area (Å²) in [6.45, 7) is 8.40. The number of hydrogen-bond donors (Lipinski definition) is 0. The monoisotopic (exact) mass is 525 g/mol. The molecule has 0 saturated carbocycles. The van der Waals surface area contributed by atoms with Crippen LogP contribution in [0.15, 0.2) is 52.7 Å². The fraction of sp³-hybridized carbons (Fsp3) is 0.464. The number of benzene rings is 2. The van der Waals surface area contributed by atoms with Crippen LogP contribution in [0.1, 0.15) is 76.2 Å². The molecule has 0 unspecified atom stereocenters. The fourth-order valence-corrected chi connectivity index (χ4v) is 5.69. The first-order valence-electron chi connectivity index (χ1n) is 12.2. The largest absolute Gasteiger partial charge is 0.489 e. The van der Waals surface area contributed by atoms with Gasteiger partial charge in [0, 0.05) is 28.6 Å². The van der Waals surface area contributed by atoms with E-state index in [1.54, 1.807) is 4.90 Å². The van der Waals surface area contributed by atoms with Crippen LogP contribution in [0.4, 0.5) is 4.79 Å². The van der Waals surface area contributed by atoms with Crippen molar-refractivity contribution >= 4 is 28.1 Å². The van der Waals surface area contributed by atoms with Crippen molar-refractivity contribution in [2.45, 2.75) is 70.8 Å². The third kappa shape index (κ3) is 3.90. The summed E-state index contributed by atoms with van der Waals surface area (Å²) in [5.74, 6) is 1.71. The summed E-state index contributed by atoms with van der Waals surface area (Å²) in [6, 6.07) is 14.2. The number of ether oxygens (including phenoxy) is 3. The van der Waals surface area contributed by atoms with Gasteiger partial charge >= 0.3 is 6.09 Å². The molecule has 34 heavy (non-hydrogen) atoms. The molecule has 3 aliphatic rings. The molecule has 6 heteroatoms. The highest BCUT2D eigenvalue weighted by molar-refractivity contribution is 9.10. The molecule has 1 amide bonds. The summed E-state index contributed by atoms with van der Waals surface area (Å²) >= 11 is 3.55. The third-order valence-corrected chi connectivity index (χ3v) is 7.35. The molecular weight excluding hydrogens is 494 g/mol. The van der Waals surface area contributed by atoms with Crippen molar-refractivity contribution in [3.63, 3.8) is 0 Å². The summed E-state index contributed by atoms with van der Waals surface area (Å²) in [4.78, 5) is 15.3. The van der Waals surface area contributed by atoms with Gasteiger partial charge in [-0.3, -0.25) is 4.90 Å². The number of halogens is 1. The number of likely N-dealkylation sites (tertiary alicyclic amines) is 1. The molecule has 0 aliphatic carbocycles. The molecule has 3 heterocycles. The van der Waals surface area contributed by atoms with Gasteiger partial charge in [-0.25, -0.2) is 4.79 Å². The molecule has 5 nitrogen and oxygen atoms in total. The lowest BCUT2D eigenvalue weighted by atomic mass is 9.77.